The average molecular weight is 416 g/mol. The van der Waals surface area contributed by atoms with Crippen LogP contribution in [-0.2, 0) is 23.0 Å². The number of ketones is 1. The first-order valence-electron chi connectivity index (χ1n) is 8.75. The quantitative estimate of drug-likeness (QED) is 0.542. The van der Waals surface area contributed by atoms with Gasteiger partial charge < -0.3 is 4.74 Å². The number of sulfonamides is 1. The summed E-state index contributed by atoms with van der Waals surface area (Å²) in [5.41, 5.74) is 1.55. The summed E-state index contributed by atoms with van der Waals surface area (Å²) in [4.78, 5) is 13.8. The topological polar surface area (TPSA) is 72.5 Å². The van der Waals surface area contributed by atoms with Crippen molar-refractivity contribution in [3.63, 3.8) is 0 Å². The minimum absolute atomic E-state index is 0.000503. The smallest absolute Gasteiger partial charge is 0.212 e. The molecule has 3 aromatic rings. The Bertz CT molecular complexity index is 1030. The maximum absolute atomic E-state index is 12.4. The molecule has 2 aromatic carbocycles. The van der Waals surface area contributed by atoms with E-state index in [1.165, 1.54) is 11.3 Å². The molecule has 1 N–H and O–H groups in total. The van der Waals surface area contributed by atoms with Gasteiger partial charge in [-0.05, 0) is 36.2 Å². The van der Waals surface area contributed by atoms with Crippen molar-refractivity contribution in [2.75, 3.05) is 12.9 Å². The van der Waals surface area contributed by atoms with Gasteiger partial charge >= 0.3 is 0 Å². The highest BCUT2D eigenvalue weighted by atomic mass is 32.2. The van der Waals surface area contributed by atoms with Crippen LogP contribution in [0.5, 0.6) is 5.75 Å². The third kappa shape index (κ3) is 5.51. The lowest BCUT2D eigenvalue weighted by atomic mass is 10.1. The molecule has 0 saturated heterocycles. The van der Waals surface area contributed by atoms with E-state index in [2.05, 4.69) is 4.72 Å². The molecule has 3 rings (SSSR count). The summed E-state index contributed by atoms with van der Waals surface area (Å²) in [7, 11) is -1.83. The van der Waals surface area contributed by atoms with E-state index >= 15 is 0 Å². The number of aryl methyl sites for hydroxylation is 1. The number of nitrogens with one attached hydrogen (secondary N) is 1. The molecule has 0 spiro atoms. The van der Waals surface area contributed by atoms with Crippen molar-refractivity contribution in [2.45, 2.75) is 13.0 Å². The number of thiophene rings is 1. The molecule has 0 saturated carbocycles. The van der Waals surface area contributed by atoms with Crippen LogP contribution < -0.4 is 9.46 Å². The van der Waals surface area contributed by atoms with E-state index in [1.807, 2.05) is 42.5 Å². The molecule has 0 atom stereocenters. The zero-order chi connectivity index (χ0) is 20.0. The zero-order valence-corrected chi connectivity index (χ0v) is 17.1. The van der Waals surface area contributed by atoms with Crippen molar-refractivity contribution in [3.8, 4) is 5.75 Å². The summed E-state index contributed by atoms with van der Waals surface area (Å²) < 4.78 is 32.2. The fourth-order valence-corrected chi connectivity index (χ4v) is 4.65. The highest BCUT2D eigenvalue weighted by molar-refractivity contribution is 7.89. The van der Waals surface area contributed by atoms with Crippen LogP contribution in [0.4, 0.5) is 0 Å². The van der Waals surface area contributed by atoms with Crippen LogP contribution in [-0.4, -0.2) is 27.1 Å². The Labute approximate surface area is 169 Å². The largest absolute Gasteiger partial charge is 0.497 e. The lowest BCUT2D eigenvalue weighted by Crippen LogP contribution is -2.26. The van der Waals surface area contributed by atoms with Gasteiger partial charge in [-0.2, -0.15) is 0 Å². The predicted molar refractivity (Wildman–Crippen MR) is 112 cm³/mol. The van der Waals surface area contributed by atoms with Crippen LogP contribution in [0.3, 0.4) is 0 Å². The third-order valence-corrected chi connectivity index (χ3v) is 6.62. The van der Waals surface area contributed by atoms with Gasteiger partial charge in [-0.15, -0.1) is 11.3 Å². The Hall–Kier alpha value is -2.48. The normalized spacial score (nSPS) is 11.3. The molecule has 0 bridgehead atoms. The molecule has 0 aliphatic carbocycles. The molecular weight excluding hydrogens is 394 g/mol. The summed E-state index contributed by atoms with van der Waals surface area (Å²) in [6.07, 6.45) is 0.418. The summed E-state index contributed by atoms with van der Waals surface area (Å²) in [6, 6.07) is 19.9. The number of carbonyl (C=O) groups is 1. The first-order chi connectivity index (χ1) is 13.5. The number of hydrogen-bond acceptors (Lipinski definition) is 5. The van der Waals surface area contributed by atoms with E-state index < -0.39 is 10.0 Å². The number of rotatable bonds is 9. The first kappa shape index (κ1) is 20.3. The molecule has 1 heterocycles. The van der Waals surface area contributed by atoms with Gasteiger partial charge in [0.25, 0.3) is 0 Å². The molecule has 28 heavy (non-hydrogen) atoms. The predicted octanol–water partition coefficient (Wildman–Crippen LogP) is 3.65. The number of ether oxygens (including phenoxy) is 1. The van der Waals surface area contributed by atoms with E-state index in [9.17, 15) is 13.2 Å². The Morgan fingerprint density at radius 2 is 1.71 bits per heavy atom. The molecule has 0 radical (unpaired) electrons. The number of methoxy groups -OCH3 is 1. The Morgan fingerprint density at radius 1 is 1.00 bits per heavy atom. The molecule has 0 fully saturated rings. The van der Waals surface area contributed by atoms with Gasteiger partial charge in [0, 0.05) is 17.0 Å². The van der Waals surface area contributed by atoms with E-state index in [1.54, 1.807) is 31.4 Å². The standard InChI is InChI=1S/C21H21NO4S2/c1-26-18-9-7-16(8-10-18)13-14-28(24,25)22-15-19-11-12-20(27-19)21(23)17-5-3-2-4-6-17/h2-12,22H,13-15H2,1H3. The Balaban J connectivity index is 1.54. The van der Waals surface area contributed by atoms with Gasteiger partial charge in [-0.25, -0.2) is 13.1 Å². The van der Waals surface area contributed by atoms with Crippen molar-refractivity contribution in [1.29, 1.82) is 0 Å². The van der Waals surface area contributed by atoms with Crippen LogP contribution in [0.15, 0.2) is 66.7 Å². The molecule has 0 aliphatic heterocycles. The van der Waals surface area contributed by atoms with Gasteiger partial charge in [0.1, 0.15) is 5.75 Å². The van der Waals surface area contributed by atoms with Crippen molar-refractivity contribution in [3.05, 3.63) is 87.6 Å². The maximum Gasteiger partial charge on any atom is 0.212 e. The molecule has 0 amide bonds. The maximum atomic E-state index is 12.4. The summed E-state index contributed by atoms with van der Waals surface area (Å²) in [6.45, 7) is 0.178. The molecule has 1 aromatic heterocycles. The second-order valence-electron chi connectivity index (χ2n) is 6.20. The molecule has 0 unspecified atom stereocenters. The van der Waals surface area contributed by atoms with Crippen LogP contribution >= 0.6 is 11.3 Å². The number of benzene rings is 2. The average Bonchev–Trinajstić information content (AvgIpc) is 3.20. The lowest BCUT2D eigenvalue weighted by molar-refractivity contribution is 0.104. The van der Waals surface area contributed by atoms with E-state index in [0.717, 1.165) is 16.2 Å². The van der Waals surface area contributed by atoms with Gasteiger partial charge in [0.15, 0.2) is 0 Å². The highest BCUT2D eigenvalue weighted by Crippen LogP contribution is 2.20. The third-order valence-electron chi connectivity index (χ3n) is 4.21. The number of carbonyl (C=O) groups excluding carboxylic acids is 1. The second kappa shape index (κ2) is 9.14. The molecule has 5 nitrogen and oxygen atoms in total. The van der Waals surface area contributed by atoms with E-state index in [4.69, 9.17) is 4.74 Å². The SMILES string of the molecule is COc1ccc(CCS(=O)(=O)NCc2ccc(C(=O)c3ccccc3)s2)cc1. The summed E-state index contributed by atoms with van der Waals surface area (Å²) in [5, 5.41) is 0. The van der Waals surface area contributed by atoms with Crippen LogP contribution in [0, 0.1) is 0 Å². The minimum atomic E-state index is -3.42. The van der Waals surface area contributed by atoms with Gasteiger partial charge in [-0.3, -0.25) is 4.79 Å². The van der Waals surface area contributed by atoms with Gasteiger partial charge in [-0.1, -0.05) is 42.5 Å². The van der Waals surface area contributed by atoms with Crippen molar-refractivity contribution < 1.29 is 17.9 Å². The molecule has 0 aliphatic rings. The molecule has 7 heteroatoms. The van der Waals surface area contributed by atoms with Gasteiger partial charge in [0.2, 0.25) is 15.8 Å². The van der Waals surface area contributed by atoms with Crippen molar-refractivity contribution >= 4 is 27.1 Å². The zero-order valence-electron chi connectivity index (χ0n) is 15.4. The fraction of sp³-hybridized carbons (Fsp3) is 0.190. The van der Waals surface area contributed by atoms with E-state index in [-0.39, 0.29) is 18.1 Å². The molecule has 146 valence electrons. The van der Waals surface area contributed by atoms with Crippen molar-refractivity contribution in [2.24, 2.45) is 0 Å². The van der Waals surface area contributed by atoms with E-state index in [0.29, 0.717) is 16.9 Å². The number of hydrogen-bond donors (Lipinski definition) is 1. The first-order valence-corrected chi connectivity index (χ1v) is 11.2. The lowest BCUT2D eigenvalue weighted by Gasteiger charge is -2.06. The highest BCUT2D eigenvalue weighted by Gasteiger charge is 2.14. The second-order valence-corrected chi connectivity index (χ2v) is 9.29. The van der Waals surface area contributed by atoms with Crippen molar-refractivity contribution in [1.82, 2.24) is 4.72 Å². The molecular formula is C21H21NO4S2. The Morgan fingerprint density at radius 3 is 2.39 bits per heavy atom. The summed E-state index contributed by atoms with van der Waals surface area (Å²) >= 11 is 1.30. The minimum Gasteiger partial charge on any atom is -0.497 e. The monoisotopic (exact) mass is 415 g/mol. The van der Waals surface area contributed by atoms with Crippen LogP contribution in [0.2, 0.25) is 0 Å². The van der Waals surface area contributed by atoms with Crippen LogP contribution in [0.25, 0.3) is 0 Å². The fourth-order valence-electron chi connectivity index (χ4n) is 2.62. The van der Waals surface area contributed by atoms with Crippen LogP contribution in [0.1, 0.15) is 25.7 Å². The van der Waals surface area contributed by atoms with Gasteiger partial charge in [0.05, 0.1) is 17.7 Å². The summed E-state index contributed by atoms with van der Waals surface area (Å²) in [5.74, 6) is 0.683. The Kier molecular flexibility index (Phi) is 6.61.